The van der Waals surface area contributed by atoms with E-state index in [0.29, 0.717) is 5.95 Å². The SMILES string of the molecule is Clc1ccc(CCNc2nncc(N3CCN(c4ncccn4)CC3)n2)cc1. The second-order valence-corrected chi connectivity index (χ2v) is 6.90. The molecule has 0 bridgehead atoms. The predicted molar refractivity (Wildman–Crippen MR) is 110 cm³/mol. The Labute approximate surface area is 168 Å². The Morgan fingerprint density at radius 2 is 1.68 bits per heavy atom. The van der Waals surface area contributed by atoms with Crippen LogP contribution in [-0.2, 0) is 6.42 Å². The van der Waals surface area contributed by atoms with E-state index in [1.54, 1.807) is 18.6 Å². The monoisotopic (exact) mass is 396 g/mol. The number of benzene rings is 1. The third kappa shape index (κ3) is 4.64. The average molecular weight is 397 g/mol. The fourth-order valence-electron chi connectivity index (χ4n) is 3.08. The maximum Gasteiger partial charge on any atom is 0.244 e. The summed E-state index contributed by atoms with van der Waals surface area (Å²) in [6, 6.07) is 9.67. The van der Waals surface area contributed by atoms with E-state index >= 15 is 0 Å². The lowest BCUT2D eigenvalue weighted by Crippen LogP contribution is -2.47. The fraction of sp³-hybridized carbons (Fsp3) is 0.316. The molecule has 3 aromatic rings. The van der Waals surface area contributed by atoms with Gasteiger partial charge in [-0.25, -0.2) is 9.97 Å². The van der Waals surface area contributed by atoms with E-state index in [9.17, 15) is 0 Å². The summed E-state index contributed by atoms with van der Waals surface area (Å²) < 4.78 is 0. The number of aromatic nitrogens is 5. The van der Waals surface area contributed by atoms with Crippen molar-refractivity contribution in [2.45, 2.75) is 6.42 Å². The van der Waals surface area contributed by atoms with Crippen molar-refractivity contribution in [1.82, 2.24) is 25.1 Å². The first-order chi connectivity index (χ1) is 13.8. The zero-order valence-corrected chi connectivity index (χ0v) is 16.1. The number of piperazine rings is 1. The van der Waals surface area contributed by atoms with Gasteiger partial charge >= 0.3 is 0 Å². The molecule has 4 rings (SSSR count). The van der Waals surface area contributed by atoms with Crippen molar-refractivity contribution in [1.29, 1.82) is 0 Å². The van der Waals surface area contributed by atoms with Gasteiger partial charge in [0.25, 0.3) is 0 Å². The van der Waals surface area contributed by atoms with Crippen LogP contribution < -0.4 is 15.1 Å². The van der Waals surface area contributed by atoms with E-state index < -0.39 is 0 Å². The van der Waals surface area contributed by atoms with Gasteiger partial charge in [-0.1, -0.05) is 23.7 Å². The summed E-state index contributed by atoms with van der Waals surface area (Å²) >= 11 is 5.92. The number of hydrogen-bond acceptors (Lipinski definition) is 8. The van der Waals surface area contributed by atoms with Crippen LogP contribution in [0.15, 0.2) is 48.9 Å². The van der Waals surface area contributed by atoms with Crippen LogP contribution in [0.2, 0.25) is 5.02 Å². The van der Waals surface area contributed by atoms with E-state index in [0.717, 1.165) is 55.9 Å². The van der Waals surface area contributed by atoms with Crippen molar-refractivity contribution in [3.8, 4) is 0 Å². The number of anilines is 3. The summed E-state index contributed by atoms with van der Waals surface area (Å²) in [5.74, 6) is 2.14. The Hall–Kier alpha value is -3.00. The van der Waals surface area contributed by atoms with E-state index in [1.165, 1.54) is 5.56 Å². The second kappa shape index (κ2) is 8.79. The third-order valence-corrected chi connectivity index (χ3v) is 4.85. The van der Waals surface area contributed by atoms with Gasteiger partial charge in [-0.15, -0.1) is 5.10 Å². The van der Waals surface area contributed by atoms with Crippen LogP contribution in [0.5, 0.6) is 0 Å². The molecule has 1 N–H and O–H groups in total. The molecule has 0 atom stereocenters. The van der Waals surface area contributed by atoms with Crippen molar-refractivity contribution in [2.75, 3.05) is 47.8 Å². The molecule has 0 saturated carbocycles. The average Bonchev–Trinajstić information content (AvgIpc) is 2.76. The highest BCUT2D eigenvalue weighted by molar-refractivity contribution is 6.30. The van der Waals surface area contributed by atoms with Crippen LogP contribution in [0, 0.1) is 0 Å². The van der Waals surface area contributed by atoms with Crippen LogP contribution in [0.25, 0.3) is 0 Å². The standard InChI is InChI=1S/C19H21ClN8/c20-16-4-2-15(3-5-16)6-9-21-18-25-17(14-24-26-18)27-10-12-28(13-11-27)19-22-7-1-8-23-19/h1-5,7-8,14H,6,9-13H2,(H,21,25,26). The molecule has 0 spiro atoms. The van der Waals surface area contributed by atoms with Gasteiger partial charge in [0, 0.05) is 50.1 Å². The maximum absolute atomic E-state index is 5.92. The van der Waals surface area contributed by atoms with Gasteiger partial charge in [0.2, 0.25) is 11.9 Å². The van der Waals surface area contributed by atoms with Crippen LogP contribution in [0.4, 0.5) is 17.7 Å². The highest BCUT2D eigenvalue weighted by atomic mass is 35.5. The molecule has 9 heteroatoms. The van der Waals surface area contributed by atoms with Crippen molar-refractivity contribution in [2.24, 2.45) is 0 Å². The number of rotatable bonds is 6. The molecule has 1 fully saturated rings. The van der Waals surface area contributed by atoms with Gasteiger partial charge in [-0.2, -0.15) is 10.1 Å². The Morgan fingerprint density at radius 3 is 2.43 bits per heavy atom. The molecular weight excluding hydrogens is 376 g/mol. The minimum Gasteiger partial charge on any atom is -0.353 e. The normalized spacial score (nSPS) is 14.2. The van der Waals surface area contributed by atoms with Crippen LogP contribution in [0.3, 0.4) is 0 Å². The summed E-state index contributed by atoms with van der Waals surface area (Å²) in [6.07, 6.45) is 6.11. The van der Waals surface area contributed by atoms with Gasteiger partial charge in [0.15, 0.2) is 5.82 Å². The fourth-order valence-corrected chi connectivity index (χ4v) is 3.21. The Balaban J connectivity index is 1.31. The predicted octanol–water partition coefficient (Wildman–Crippen LogP) is 2.30. The molecule has 1 saturated heterocycles. The highest BCUT2D eigenvalue weighted by Gasteiger charge is 2.20. The molecule has 0 aliphatic carbocycles. The molecule has 3 heterocycles. The number of hydrogen-bond donors (Lipinski definition) is 1. The number of halogens is 1. The van der Waals surface area contributed by atoms with Gasteiger partial charge in [0.05, 0.1) is 6.20 Å². The molecule has 144 valence electrons. The molecule has 8 nitrogen and oxygen atoms in total. The summed E-state index contributed by atoms with van der Waals surface area (Å²) in [7, 11) is 0. The first kappa shape index (κ1) is 18.4. The van der Waals surface area contributed by atoms with Crippen LogP contribution >= 0.6 is 11.6 Å². The summed E-state index contributed by atoms with van der Waals surface area (Å²) in [5.41, 5.74) is 1.21. The molecule has 1 aliphatic heterocycles. The van der Waals surface area contributed by atoms with Crippen LogP contribution in [-0.4, -0.2) is 57.9 Å². The molecule has 0 amide bonds. The van der Waals surface area contributed by atoms with E-state index in [2.05, 4.69) is 40.3 Å². The largest absolute Gasteiger partial charge is 0.353 e. The minimum absolute atomic E-state index is 0.542. The molecule has 0 unspecified atom stereocenters. The van der Waals surface area contributed by atoms with Gasteiger partial charge in [0.1, 0.15) is 0 Å². The first-order valence-corrected chi connectivity index (χ1v) is 9.61. The van der Waals surface area contributed by atoms with Crippen molar-refractivity contribution >= 4 is 29.3 Å². The lowest BCUT2D eigenvalue weighted by atomic mass is 10.1. The van der Waals surface area contributed by atoms with Gasteiger partial charge in [-0.05, 0) is 30.2 Å². The zero-order valence-electron chi connectivity index (χ0n) is 15.4. The van der Waals surface area contributed by atoms with Crippen molar-refractivity contribution < 1.29 is 0 Å². The van der Waals surface area contributed by atoms with Crippen LogP contribution in [0.1, 0.15) is 5.56 Å². The zero-order chi connectivity index (χ0) is 19.2. The van der Waals surface area contributed by atoms with E-state index in [-0.39, 0.29) is 0 Å². The Kier molecular flexibility index (Phi) is 5.77. The maximum atomic E-state index is 5.92. The third-order valence-electron chi connectivity index (χ3n) is 4.59. The molecule has 2 aromatic heterocycles. The molecule has 1 aromatic carbocycles. The quantitative estimate of drug-likeness (QED) is 0.679. The van der Waals surface area contributed by atoms with Gasteiger partial charge in [-0.3, -0.25) is 0 Å². The molecule has 28 heavy (non-hydrogen) atoms. The lowest BCUT2D eigenvalue weighted by Gasteiger charge is -2.35. The minimum atomic E-state index is 0.542. The number of nitrogens with zero attached hydrogens (tertiary/aromatic N) is 7. The first-order valence-electron chi connectivity index (χ1n) is 9.23. The Morgan fingerprint density at radius 1 is 0.964 bits per heavy atom. The summed E-state index contributed by atoms with van der Waals surface area (Å²) in [5, 5.41) is 12.2. The Bertz CT molecular complexity index is 882. The topological polar surface area (TPSA) is 83.0 Å². The molecule has 0 radical (unpaired) electrons. The highest BCUT2D eigenvalue weighted by Crippen LogP contribution is 2.16. The summed E-state index contributed by atoms with van der Waals surface area (Å²) in [6.45, 7) is 4.08. The molecule has 1 aliphatic rings. The smallest absolute Gasteiger partial charge is 0.244 e. The van der Waals surface area contributed by atoms with Crippen molar-refractivity contribution in [3.05, 3.63) is 59.5 Å². The van der Waals surface area contributed by atoms with Gasteiger partial charge < -0.3 is 15.1 Å². The van der Waals surface area contributed by atoms with Crippen molar-refractivity contribution in [3.63, 3.8) is 0 Å². The van der Waals surface area contributed by atoms with E-state index in [4.69, 9.17) is 11.6 Å². The van der Waals surface area contributed by atoms with E-state index in [1.807, 2.05) is 30.3 Å². The lowest BCUT2D eigenvalue weighted by molar-refractivity contribution is 0.632. The second-order valence-electron chi connectivity index (χ2n) is 6.46. The number of nitrogens with one attached hydrogen (secondary N) is 1. The summed E-state index contributed by atoms with van der Waals surface area (Å²) in [4.78, 5) is 17.6. The molecular formula is C19H21ClN8.